The molecule has 0 radical (unpaired) electrons. The Morgan fingerprint density at radius 3 is 2.64 bits per heavy atom. The van der Waals surface area contributed by atoms with Crippen LogP contribution in [0.1, 0.15) is 23.1 Å². The highest BCUT2D eigenvalue weighted by molar-refractivity contribution is 5.68. The fourth-order valence-corrected chi connectivity index (χ4v) is 2.94. The zero-order valence-corrected chi connectivity index (χ0v) is 13.5. The number of ether oxygens (including phenoxy) is 2. The number of carboxylic acid groups (broad SMARTS) is 1. The van der Waals surface area contributed by atoms with Crippen LogP contribution >= 0.6 is 0 Å². The summed E-state index contributed by atoms with van der Waals surface area (Å²) in [4.78, 5) is 10.6. The lowest BCUT2D eigenvalue weighted by Crippen LogP contribution is -2.25. The van der Waals surface area contributed by atoms with Crippen LogP contribution in [0.5, 0.6) is 5.75 Å². The highest BCUT2D eigenvalue weighted by Crippen LogP contribution is 2.27. The van der Waals surface area contributed by atoms with Gasteiger partial charge in [-0.3, -0.25) is 0 Å². The zero-order chi connectivity index (χ0) is 17.8. The highest BCUT2D eigenvalue weighted by Gasteiger charge is 2.20. The van der Waals surface area contributed by atoms with Gasteiger partial charge in [0.15, 0.2) is 0 Å². The van der Waals surface area contributed by atoms with E-state index in [9.17, 15) is 13.6 Å². The fraction of sp³-hybridized carbons (Fsp3) is 0.316. The van der Waals surface area contributed by atoms with Crippen molar-refractivity contribution in [2.45, 2.75) is 32.0 Å². The van der Waals surface area contributed by atoms with Gasteiger partial charge < -0.3 is 14.6 Å². The summed E-state index contributed by atoms with van der Waals surface area (Å²) in [7, 11) is 0. The second-order valence-electron chi connectivity index (χ2n) is 5.99. The van der Waals surface area contributed by atoms with Crippen molar-refractivity contribution in [3.63, 3.8) is 0 Å². The van der Waals surface area contributed by atoms with E-state index in [1.807, 2.05) is 12.1 Å². The molecule has 1 unspecified atom stereocenters. The standard InChI is InChI=1S/C19H18F2O4/c20-17-2-1-3-18(21)16(17)10-24-14-6-4-13-9-15(25-11-19(22)23)7-5-12(13)8-14/h1-4,6,8,15H,5,7,9-11H2,(H,22,23). The van der Waals surface area contributed by atoms with E-state index in [0.29, 0.717) is 12.2 Å². The van der Waals surface area contributed by atoms with Crippen molar-refractivity contribution < 1.29 is 28.2 Å². The van der Waals surface area contributed by atoms with Crippen LogP contribution in [0, 0.1) is 11.6 Å². The summed E-state index contributed by atoms with van der Waals surface area (Å²) in [5.41, 5.74) is 2.06. The van der Waals surface area contributed by atoms with E-state index in [0.717, 1.165) is 24.0 Å². The molecule has 0 saturated heterocycles. The number of hydrogen-bond donors (Lipinski definition) is 1. The molecule has 3 rings (SSSR count). The SMILES string of the molecule is O=C(O)COC1CCc2cc(OCc3c(F)cccc3F)ccc2C1. The maximum absolute atomic E-state index is 13.6. The van der Waals surface area contributed by atoms with Gasteiger partial charge in [-0.25, -0.2) is 13.6 Å². The Balaban J connectivity index is 1.63. The molecule has 0 aromatic heterocycles. The number of carboxylic acids is 1. The Morgan fingerprint density at radius 2 is 1.92 bits per heavy atom. The summed E-state index contributed by atoms with van der Waals surface area (Å²) in [5.74, 6) is -1.69. The molecule has 0 aliphatic heterocycles. The topological polar surface area (TPSA) is 55.8 Å². The number of aryl methyl sites for hydroxylation is 1. The van der Waals surface area contributed by atoms with E-state index in [1.165, 1.54) is 18.2 Å². The average molecular weight is 348 g/mol. The van der Waals surface area contributed by atoms with E-state index in [1.54, 1.807) is 6.07 Å². The van der Waals surface area contributed by atoms with Crippen molar-refractivity contribution in [1.29, 1.82) is 0 Å². The number of aliphatic carboxylic acids is 1. The number of halogens is 2. The van der Waals surface area contributed by atoms with Gasteiger partial charge >= 0.3 is 5.97 Å². The first-order chi connectivity index (χ1) is 12.0. The summed E-state index contributed by atoms with van der Waals surface area (Å²) in [6.07, 6.45) is 2.00. The van der Waals surface area contributed by atoms with Crippen LogP contribution in [-0.4, -0.2) is 23.8 Å². The van der Waals surface area contributed by atoms with Gasteiger partial charge in [0.1, 0.15) is 30.6 Å². The van der Waals surface area contributed by atoms with Gasteiger partial charge in [-0.15, -0.1) is 0 Å². The van der Waals surface area contributed by atoms with Gasteiger partial charge in [-0.05, 0) is 54.7 Å². The van der Waals surface area contributed by atoms with E-state index in [4.69, 9.17) is 14.6 Å². The van der Waals surface area contributed by atoms with Crippen molar-refractivity contribution >= 4 is 5.97 Å². The molecule has 0 bridgehead atoms. The quantitative estimate of drug-likeness (QED) is 0.868. The second-order valence-corrected chi connectivity index (χ2v) is 5.99. The number of fused-ring (bicyclic) bond motifs is 1. The summed E-state index contributed by atoms with van der Waals surface area (Å²) in [6, 6.07) is 9.21. The molecule has 1 atom stereocenters. The van der Waals surface area contributed by atoms with E-state index in [2.05, 4.69) is 0 Å². The Labute approximate surface area is 144 Å². The molecule has 2 aromatic rings. The zero-order valence-electron chi connectivity index (χ0n) is 13.5. The molecule has 0 spiro atoms. The first kappa shape index (κ1) is 17.4. The second kappa shape index (κ2) is 7.61. The lowest BCUT2D eigenvalue weighted by Gasteiger charge is -2.24. The largest absolute Gasteiger partial charge is 0.489 e. The molecule has 0 fully saturated rings. The van der Waals surface area contributed by atoms with Gasteiger partial charge in [-0.2, -0.15) is 0 Å². The molecule has 1 aliphatic carbocycles. The molecule has 4 nitrogen and oxygen atoms in total. The minimum atomic E-state index is -0.977. The van der Waals surface area contributed by atoms with Crippen LogP contribution in [0.15, 0.2) is 36.4 Å². The number of benzene rings is 2. The van der Waals surface area contributed by atoms with Gasteiger partial charge in [0.2, 0.25) is 0 Å². The lowest BCUT2D eigenvalue weighted by molar-refractivity contribution is -0.144. The molecule has 1 N–H and O–H groups in total. The summed E-state index contributed by atoms with van der Waals surface area (Å²) in [6.45, 7) is -0.475. The van der Waals surface area contributed by atoms with E-state index >= 15 is 0 Å². The minimum Gasteiger partial charge on any atom is -0.489 e. The molecule has 25 heavy (non-hydrogen) atoms. The number of rotatable bonds is 6. The van der Waals surface area contributed by atoms with Crippen LogP contribution in [0.4, 0.5) is 8.78 Å². The first-order valence-corrected chi connectivity index (χ1v) is 8.04. The maximum Gasteiger partial charge on any atom is 0.329 e. The number of carbonyl (C=O) groups is 1. The molecule has 132 valence electrons. The van der Waals surface area contributed by atoms with Crippen LogP contribution in [0.25, 0.3) is 0 Å². The molecule has 1 aliphatic rings. The van der Waals surface area contributed by atoms with Crippen LogP contribution in [-0.2, 0) is 29.0 Å². The fourth-order valence-electron chi connectivity index (χ4n) is 2.94. The maximum atomic E-state index is 13.6. The molecule has 0 saturated carbocycles. The van der Waals surface area contributed by atoms with Crippen LogP contribution < -0.4 is 4.74 Å². The molecular weight excluding hydrogens is 330 g/mol. The normalized spacial score (nSPS) is 16.3. The van der Waals surface area contributed by atoms with Gasteiger partial charge in [0.05, 0.1) is 11.7 Å². The monoisotopic (exact) mass is 348 g/mol. The van der Waals surface area contributed by atoms with E-state index < -0.39 is 17.6 Å². The third-order valence-corrected chi connectivity index (χ3v) is 4.25. The first-order valence-electron chi connectivity index (χ1n) is 8.04. The summed E-state index contributed by atoms with van der Waals surface area (Å²) in [5, 5.41) is 8.67. The predicted octanol–water partition coefficient (Wildman–Crippen LogP) is 3.50. The third-order valence-electron chi connectivity index (χ3n) is 4.25. The number of hydrogen-bond acceptors (Lipinski definition) is 3. The molecule has 6 heteroatoms. The van der Waals surface area contributed by atoms with Crippen molar-refractivity contribution in [2.75, 3.05) is 6.61 Å². The van der Waals surface area contributed by atoms with Crippen molar-refractivity contribution in [1.82, 2.24) is 0 Å². The Hall–Kier alpha value is -2.47. The van der Waals surface area contributed by atoms with Crippen LogP contribution in [0.3, 0.4) is 0 Å². The summed E-state index contributed by atoms with van der Waals surface area (Å²) >= 11 is 0. The predicted molar refractivity (Wildman–Crippen MR) is 86.5 cm³/mol. The Kier molecular flexibility index (Phi) is 5.28. The molecule has 2 aromatic carbocycles. The van der Waals surface area contributed by atoms with Crippen molar-refractivity contribution in [3.8, 4) is 5.75 Å². The molecule has 0 amide bonds. The summed E-state index contributed by atoms with van der Waals surface area (Å²) < 4.78 is 38.1. The lowest BCUT2D eigenvalue weighted by atomic mass is 9.89. The Bertz CT molecular complexity index is 756. The van der Waals surface area contributed by atoms with Crippen molar-refractivity contribution in [2.24, 2.45) is 0 Å². The van der Waals surface area contributed by atoms with Crippen molar-refractivity contribution in [3.05, 3.63) is 64.7 Å². The van der Waals surface area contributed by atoms with Crippen LogP contribution in [0.2, 0.25) is 0 Å². The minimum absolute atomic E-state index is 0.0950. The molecule has 0 heterocycles. The van der Waals surface area contributed by atoms with Gasteiger partial charge in [-0.1, -0.05) is 12.1 Å². The Morgan fingerprint density at radius 1 is 1.16 bits per heavy atom. The molecular formula is C19H18F2O4. The average Bonchev–Trinajstić information content (AvgIpc) is 2.59. The van der Waals surface area contributed by atoms with Gasteiger partial charge in [0, 0.05) is 0 Å². The third kappa shape index (κ3) is 4.33. The smallest absolute Gasteiger partial charge is 0.329 e. The van der Waals surface area contributed by atoms with Gasteiger partial charge in [0.25, 0.3) is 0 Å². The highest BCUT2D eigenvalue weighted by atomic mass is 19.1. The van der Waals surface area contributed by atoms with E-state index in [-0.39, 0.29) is 24.9 Å².